The fourth-order valence-electron chi connectivity index (χ4n) is 2.73. The Balaban J connectivity index is 1.88. The predicted octanol–water partition coefficient (Wildman–Crippen LogP) is 4.38. The van der Waals surface area contributed by atoms with Gasteiger partial charge in [-0.2, -0.15) is 17.6 Å². The molecule has 2 aromatic heterocycles. The SMILES string of the molecule is C=CCOc1ccnc(CS(=O)c2nc3cc(OC)c(OC(F)(F)C(F)F)cc3[nH]2)c1C. The van der Waals surface area contributed by atoms with E-state index in [1.807, 2.05) is 0 Å². The lowest BCUT2D eigenvalue weighted by Crippen LogP contribution is -2.33. The summed E-state index contributed by atoms with van der Waals surface area (Å²) in [4.78, 5) is 11.2. The fraction of sp³-hybridized carbons (Fsp3) is 0.300. The van der Waals surface area contributed by atoms with Crippen LogP contribution in [0.4, 0.5) is 17.6 Å². The van der Waals surface area contributed by atoms with Crippen LogP contribution in [0, 0.1) is 6.92 Å². The number of alkyl halides is 4. The molecule has 1 aromatic carbocycles. The van der Waals surface area contributed by atoms with Crippen molar-refractivity contribution in [2.24, 2.45) is 0 Å². The second kappa shape index (κ2) is 9.55. The highest BCUT2D eigenvalue weighted by Crippen LogP contribution is 2.37. The van der Waals surface area contributed by atoms with E-state index in [0.29, 0.717) is 23.6 Å². The number of H-pyrrole nitrogens is 1. The number of halogens is 4. The monoisotopic (exact) mass is 473 g/mol. The van der Waals surface area contributed by atoms with Gasteiger partial charge in [0.25, 0.3) is 0 Å². The lowest BCUT2D eigenvalue weighted by atomic mass is 10.2. The van der Waals surface area contributed by atoms with E-state index in [0.717, 1.165) is 13.2 Å². The van der Waals surface area contributed by atoms with Crippen molar-refractivity contribution < 1.29 is 36.0 Å². The van der Waals surface area contributed by atoms with Gasteiger partial charge in [-0.1, -0.05) is 12.7 Å². The Hall–Kier alpha value is -3.15. The molecule has 172 valence electrons. The first kappa shape index (κ1) is 23.5. The zero-order valence-electron chi connectivity index (χ0n) is 17.0. The first-order chi connectivity index (χ1) is 15.2. The van der Waals surface area contributed by atoms with Crippen LogP contribution in [0.25, 0.3) is 11.0 Å². The Morgan fingerprint density at radius 2 is 2.03 bits per heavy atom. The van der Waals surface area contributed by atoms with Crippen LogP contribution in [-0.2, 0) is 16.6 Å². The number of methoxy groups -OCH3 is 1. The lowest BCUT2D eigenvalue weighted by molar-refractivity contribution is -0.253. The van der Waals surface area contributed by atoms with E-state index in [2.05, 4.69) is 26.3 Å². The Morgan fingerprint density at radius 3 is 2.69 bits per heavy atom. The predicted molar refractivity (Wildman–Crippen MR) is 109 cm³/mol. The van der Waals surface area contributed by atoms with Crippen molar-refractivity contribution in [2.75, 3.05) is 13.7 Å². The van der Waals surface area contributed by atoms with Crippen LogP contribution in [0.5, 0.6) is 17.2 Å². The number of ether oxygens (including phenoxy) is 3. The number of nitrogens with one attached hydrogen (secondary N) is 1. The normalized spacial score (nSPS) is 12.7. The van der Waals surface area contributed by atoms with Crippen molar-refractivity contribution in [2.45, 2.75) is 30.4 Å². The van der Waals surface area contributed by atoms with Gasteiger partial charge in [0, 0.05) is 23.9 Å². The number of aromatic nitrogens is 3. The number of benzene rings is 1. The fourth-order valence-corrected chi connectivity index (χ4v) is 3.83. The summed E-state index contributed by atoms with van der Waals surface area (Å²) in [6, 6.07) is 3.93. The molecule has 7 nitrogen and oxygen atoms in total. The Morgan fingerprint density at radius 1 is 1.28 bits per heavy atom. The molecule has 3 rings (SSSR count). The molecule has 1 atom stereocenters. The number of hydrogen-bond donors (Lipinski definition) is 1. The van der Waals surface area contributed by atoms with Gasteiger partial charge in [-0.15, -0.1) is 0 Å². The van der Waals surface area contributed by atoms with E-state index >= 15 is 0 Å². The van der Waals surface area contributed by atoms with Crippen molar-refractivity contribution in [3.05, 3.63) is 48.3 Å². The second-order valence-electron chi connectivity index (χ2n) is 6.50. The van der Waals surface area contributed by atoms with E-state index in [4.69, 9.17) is 9.47 Å². The minimum Gasteiger partial charge on any atom is -0.493 e. The quantitative estimate of drug-likeness (QED) is 0.347. The molecule has 0 radical (unpaired) electrons. The molecule has 1 unspecified atom stereocenters. The molecule has 3 aromatic rings. The molecule has 0 saturated carbocycles. The van der Waals surface area contributed by atoms with Crippen molar-refractivity contribution in [1.82, 2.24) is 15.0 Å². The standard InChI is InChI=1S/C20H19F4N3O4S/c1-4-7-30-15-5-6-25-14(11(15)2)10-32(28)19-26-12-8-16(29-3)17(9-13(12)27-19)31-20(23,24)18(21)22/h4-6,8-9,18H,1,7,10H2,2-3H3,(H,26,27). The minimum absolute atomic E-state index is 0.000883. The number of fused-ring (bicyclic) bond motifs is 1. The first-order valence-electron chi connectivity index (χ1n) is 9.15. The van der Waals surface area contributed by atoms with E-state index in [9.17, 15) is 21.8 Å². The summed E-state index contributed by atoms with van der Waals surface area (Å²) in [5.74, 6) is -0.272. The van der Waals surface area contributed by atoms with Crippen molar-refractivity contribution in [1.29, 1.82) is 0 Å². The van der Waals surface area contributed by atoms with Crippen molar-refractivity contribution >= 4 is 21.8 Å². The maximum atomic E-state index is 13.3. The highest BCUT2D eigenvalue weighted by molar-refractivity contribution is 7.84. The molecule has 0 bridgehead atoms. The summed E-state index contributed by atoms with van der Waals surface area (Å²) in [5.41, 5.74) is 1.60. The first-order valence-corrected chi connectivity index (χ1v) is 10.5. The molecule has 0 amide bonds. The zero-order chi connectivity index (χ0) is 23.5. The lowest BCUT2D eigenvalue weighted by Gasteiger charge is -2.18. The second-order valence-corrected chi connectivity index (χ2v) is 7.86. The molecule has 0 fully saturated rings. The van der Waals surface area contributed by atoms with Crippen LogP contribution in [0.3, 0.4) is 0 Å². The van der Waals surface area contributed by atoms with Gasteiger partial charge < -0.3 is 19.2 Å². The summed E-state index contributed by atoms with van der Waals surface area (Å²) in [6.45, 7) is 5.66. The Bertz CT molecular complexity index is 1150. The molecular weight excluding hydrogens is 454 g/mol. The number of pyridine rings is 1. The molecule has 2 heterocycles. The minimum atomic E-state index is -4.71. The molecule has 0 aliphatic heterocycles. The van der Waals surface area contributed by atoms with Crippen LogP contribution < -0.4 is 14.2 Å². The van der Waals surface area contributed by atoms with Gasteiger partial charge in [0.1, 0.15) is 12.4 Å². The van der Waals surface area contributed by atoms with Crippen LogP contribution in [0.15, 0.2) is 42.2 Å². The Labute approximate surface area is 182 Å². The van der Waals surface area contributed by atoms with Gasteiger partial charge in [-0.25, -0.2) is 4.98 Å². The number of nitrogens with zero attached hydrogens (tertiary/aromatic N) is 2. The summed E-state index contributed by atoms with van der Waals surface area (Å²) < 4.78 is 79.2. The average molecular weight is 473 g/mol. The van der Waals surface area contributed by atoms with E-state index in [-0.39, 0.29) is 27.7 Å². The Kier molecular flexibility index (Phi) is 7.02. The highest BCUT2D eigenvalue weighted by Gasteiger charge is 2.44. The number of aromatic amines is 1. The van der Waals surface area contributed by atoms with Crippen molar-refractivity contribution in [3.63, 3.8) is 0 Å². The molecule has 0 aliphatic rings. The van der Waals surface area contributed by atoms with Crippen molar-refractivity contribution in [3.8, 4) is 17.2 Å². The van der Waals surface area contributed by atoms with Gasteiger partial charge in [0.15, 0.2) is 16.7 Å². The zero-order valence-corrected chi connectivity index (χ0v) is 17.8. The third-order valence-corrected chi connectivity index (χ3v) is 5.50. The van der Waals surface area contributed by atoms with E-state index in [1.54, 1.807) is 19.1 Å². The van der Waals surface area contributed by atoms with Gasteiger partial charge in [-0.05, 0) is 13.0 Å². The molecule has 0 saturated heterocycles. The van der Waals surface area contributed by atoms with Gasteiger partial charge in [0.05, 0.1) is 40.4 Å². The average Bonchev–Trinajstić information content (AvgIpc) is 3.16. The third kappa shape index (κ3) is 5.01. The van der Waals surface area contributed by atoms with Crippen LogP contribution in [-0.4, -0.2) is 45.4 Å². The number of imidazole rings is 1. The van der Waals surface area contributed by atoms with Crippen LogP contribution in [0.1, 0.15) is 11.3 Å². The third-order valence-electron chi connectivity index (χ3n) is 4.34. The molecule has 0 aliphatic carbocycles. The molecule has 0 spiro atoms. The number of hydrogen-bond acceptors (Lipinski definition) is 6. The maximum absolute atomic E-state index is 13.3. The van der Waals surface area contributed by atoms with E-state index < -0.39 is 29.1 Å². The molecule has 12 heteroatoms. The maximum Gasteiger partial charge on any atom is 0.461 e. The van der Waals surface area contributed by atoms with Crippen LogP contribution >= 0.6 is 0 Å². The largest absolute Gasteiger partial charge is 0.493 e. The summed E-state index contributed by atoms with van der Waals surface area (Å²) in [7, 11) is -0.525. The molecular formula is C20H19F4N3O4S. The summed E-state index contributed by atoms with van der Waals surface area (Å²) in [6.07, 6.45) is -5.63. The summed E-state index contributed by atoms with van der Waals surface area (Å²) >= 11 is 0. The van der Waals surface area contributed by atoms with E-state index in [1.165, 1.54) is 12.3 Å². The molecule has 32 heavy (non-hydrogen) atoms. The van der Waals surface area contributed by atoms with Gasteiger partial charge >= 0.3 is 12.5 Å². The topological polar surface area (TPSA) is 86.3 Å². The molecule has 1 N–H and O–H groups in total. The summed E-state index contributed by atoms with van der Waals surface area (Å²) in [5, 5.41) is 0.0402. The number of rotatable bonds is 10. The van der Waals surface area contributed by atoms with Crippen LogP contribution in [0.2, 0.25) is 0 Å². The van der Waals surface area contributed by atoms with Gasteiger partial charge in [-0.3, -0.25) is 9.19 Å². The highest BCUT2D eigenvalue weighted by atomic mass is 32.2. The van der Waals surface area contributed by atoms with Gasteiger partial charge in [0.2, 0.25) is 0 Å². The smallest absolute Gasteiger partial charge is 0.461 e.